The Morgan fingerprint density at radius 2 is 2.00 bits per heavy atom. The molecule has 3 aromatic rings. The highest BCUT2D eigenvalue weighted by molar-refractivity contribution is 7.07. The van der Waals surface area contributed by atoms with Crippen LogP contribution in [0.1, 0.15) is 35.2 Å². The summed E-state index contributed by atoms with van der Waals surface area (Å²) in [5.74, 6) is 0.0434. The van der Waals surface area contributed by atoms with E-state index in [1.807, 2.05) is 48.0 Å². The van der Waals surface area contributed by atoms with Crippen LogP contribution in [0.25, 0.3) is 5.69 Å². The Morgan fingerprint density at radius 3 is 2.74 bits per heavy atom. The molecule has 2 heterocycles. The lowest BCUT2D eigenvalue weighted by atomic mass is 9.98. The summed E-state index contributed by atoms with van der Waals surface area (Å²) in [7, 11) is 0. The largest absolute Gasteiger partial charge is 0.352 e. The van der Waals surface area contributed by atoms with Gasteiger partial charge in [-0.1, -0.05) is 17.7 Å². The normalized spacial score (nSPS) is 16.6. The molecule has 1 aliphatic rings. The summed E-state index contributed by atoms with van der Waals surface area (Å²) in [4.78, 5) is 25.4. The first-order valence-electron chi connectivity index (χ1n) is 9.30. The first-order chi connectivity index (χ1) is 13.1. The fraction of sp³-hybridized carbons (Fsp3) is 0.333. The van der Waals surface area contributed by atoms with E-state index in [-0.39, 0.29) is 17.4 Å². The third-order valence-electron chi connectivity index (χ3n) is 5.27. The van der Waals surface area contributed by atoms with Crippen LogP contribution in [-0.2, 0) is 24.2 Å². The maximum Gasteiger partial charge on any atom is 0.274 e. The number of thiophene rings is 1. The smallest absolute Gasteiger partial charge is 0.274 e. The van der Waals surface area contributed by atoms with E-state index in [1.54, 1.807) is 16.0 Å². The van der Waals surface area contributed by atoms with Crippen molar-refractivity contribution in [3.05, 3.63) is 73.8 Å². The predicted molar refractivity (Wildman–Crippen MR) is 107 cm³/mol. The summed E-state index contributed by atoms with van der Waals surface area (Å²) < 4.78 is 1.63. The molecule has 0 radical (unpaired) electrons. The second kappa shape index (κ2) is 7.56. The number of nitrogens with one attached hydrogen (secondary N) is 2. The van der Waals surface area contributed by atoms with Crippen molar-refractivity contribution in [2.24, 2.45) is 5.92 Å². The molecule has 2 aromatic heterocycles. The summed E-state index contributed by atoms with van der Waals surface area (Å²) in [6.45, 7) is 2.60. The van der Waals surface area contributed by atoms with Crippen molar-refractivity contribution in [2.75, 3.05) is 0 Å². The molecule has 1 aliphatic carbocycles. The summed E-state index contributed by atoms with van der Waals surface area (Å²) in [5.41, 5.74) is 4.94. The van der Waals surface area contributed by atoms with E-state index in [9.17, 15) is 9.59 Å². The van der Waals surface area contributed by atoms with E-state index in [1.165, 1.54) is 0 Å². The van der Waals surface area contributed by atoms with Gasteiger partial charge in [0.05, 0.1) is 5.69 Å². The number of carbonyl (C=O) groups excluding carboxylic acids is 1. The Kier molecular flexibility index (Phi) is 4.99. The lowest BCUT2D eigenvalue weighted by Crippen LogP contribution is -2.30. The molecule has 0 bridgehead atoms. The van der Waals surface area contributed by atoms with Gasteiger partial charge in [-0.05, 0) is 67.1 Å². The lowest BCUT2D eigenvalue weighted by Gasteiger charge is -2.14. The van der Waals surface area contributed by atoms with E-state index >= 15 is 0 Å². The topological polar surface area (TPSA) is 66.9 Å². The van der Waals surface area contributed by atoms with Gasteiger partial charge in [0, 0.05) is 23.7 Å². The van der Waals surface area contributed by atoms with Gasteiger partial charge in [-0.3, -0.25) is 14.7 Å². The third kappa shape index (κ3) is 3.76. The van der Waals surface area contributed by atoms with Gasteiger partial charge in [0.2, 0.25) is 5.91 Å². The Balaban J connectivity index is 1.45. The molecule has 0 aliphatic heterocycles. The molecule has 140 valence electrons. The van der Waals surface area contributed by atoms with Crippen LogP contribution in [0.5, 0.6) is 0 Å². The van der Waals surface area contributed by atoms with Crippen molar-refractivity contribution >= 4 is 17.2 Å². The lowest BCUT2D eigenvalue weighted by molar-refractivity contribution is -0.125. The molecule has 2 N–H and O–H groups in total. The van der Waals surface area contributed by atoms with Crippen molar-refractivity contribution in [1.29, 1.82) is 0 Å². The Hall–Kier alpha value is -2.60. The van der Waals surface area contributed by atoms with Crippen LogP contribution in [-0.4, -0.2) is 15.7 Å². The van der Waals surface area contributed by atoms with Gasteiger partial charge in [0.15, 0.2) is 0 Å². The van der Waals surface area contributed by atoms with Crippen LogP contribution in [0, 0.1) is 12.8 Å². The zero-order chi connectivity index (χ0) is 18.8. The molecule has 1 amide bonds. The minimum Gasteiger partial charge on any atom is -0.352 e. The highest BCUT2D eigenvalue weighted by Gasteiger charge is 2.26. The quantitative estimate of drug-likeness (QED) is 0.681. The maximum atomic E-state index is 12.8. The molecule has 27 heavy (non-hydrogen) atoms. The molecule has 1 unspecified atom stereocenters. The Morgan fingerprint density at radius 1 is 1.22 bits per heavy atom. The number of aromatic nitrogens is 2. The van der Waals surface area contributed by atoms with Crippen LogP contribution < -0.4 is 10.9 Å². The van der Waals surface area contributed by atoms with E-state index in [0.29, 0.717) is 19.4 Å². The molecule has 1 atom stereocenters. The molecule has 5 nitrogen and oxygen atoms in total. The molecule has 0 fully saturated rings. The molecule has 1 aromatic carbocycles. The monoisotopic (exact) mass is 381 g/mol. The van der Waals surface area contributed by atoms with E-state index in [2.05, 4.69) is 10.4 Å². The number of hydrogen-bond donors (Lipinski definition) is 2. The van der Waals surface area contributed by atoms with Gasteiger partial charge in [0.25, 0.3) is 5.56 Å². The molecular weight excluding hydrogens is 358 g/mol. The second-order valence-corrected chi connectivity index (χ2v) is 7.95. The summed E-state index contributed by atoms with van der Waals surface area (Å²) in [5, 5.41) is 10.4. The Labute approximate surface area is 162 Å². The first-order valence-corrected chi connectivity index (χ1v) is 10.2. The summed E-state index contributed by atoms with van der Waals surface area (Å²) >= 11 is 1.63. The molecule has 0 saturated heterocycles. The van der Waals surface area contributed by atoms with Gasteiger partial charge in [-0.25, -0.2) is 4.68 Å². The average Bonchev–Trinajstić information content (AvgIpc) is 3.23. The molecular formula is C21H23N3O2S. The fourth-order valence-corrected chi connectivity index (χ4v) is 4.30. The predicted octanol–water partition coefficient (Wildman–Crippen LogP) is 3.35. The fourth-order valence-electron chi connectivity index (χ4n) is 3.63. The van der Waals surface area contributed by atoms with Crippen molar-refractivity contribution in [2.45, 2.75) is 39.2 Å². The average molecular weight is 382 g/mol. The first kappa shape index (κ1) is 17.8. The maximum absolute atomic E-state index is 12.8. The van der Waals surface area contributed by atoms with Crippen molar-refractivity contribution < 1.29 is 4.79 Å². The van der Waals surface area contributed by atoms with Crippen LogP contribution >= 0.6 is 11.3 Å². The van der Waals surface area contributed by atoms with Crippen molar-refractivity contribution in [1.82, 2.24) is 15.1 Å². The number of carbonyl (C=O) groups is 1. The number of benzene rings is 1. The molecule has 4 rings (SSSR count). The Bertz CT molecular complexity index is 984. The summed E-state index contributed by atoms with van der Waals surface area (Å²) in [6, 6.07) is 9.93. The number of aryl methyl sites for hydroxylation is 2. The minimum atomic E-state index is -0.0448. The van der Waals surface area contributed by atoms with Crippen molar-refractivity contribution in [3.63, 3.8) is 0 Å². The van der Waals surface area contributed by atoms with Gasteiger partial charge < -0.3 is 5.32 Å². The third-order valence-corrected chi connectivity index (χ3v) is 6.00. The number of amides is 1. The highest BCUT2D eigenvalue weighted by atomic mass is 32.1. The number of aromatic amines is 1. The highest BCUT2D eigenvalue weighted by Crippen LogP contribution is 2.23. The van der Waals surface area contributed by atoms with E-state index < -0.39 is 0 Å². The van der Waals surface area contributed by atoms with Gasteiger partial charge in [-0.15, -0.1) is 0 Å². The number of fused-ring (bicyclic) bond motifs is 1. The van der Waals surface area contributed by atoms with Crippen LogP contribution in [0.4, 0.5) is 0 Å². The van der Waals surface area contributed by atoms with Crippen LogP contribution in [0.15, 0.2) is 45.9 Å². The van der Waals surface area contributed by atoms with Gasteiger partial charge in [-0.2, -0.15) is 11.3 Å². The van der Waals surface area contributed by atoms with E-state index in [0.717, 1.165) is 40.9 Å². The zero-order valence-corrected chi connectivity index (χ0v) is 16.1. The molecule has 0 spiro atoms. The SMILES string of the molecule is Cc1ccc(-n2[nH]c3c(c2=O)CCC(C(=O)NCc2ccsc2)CC3)cc1. The number of nitrogens with zero attached hydrogens (tertiary/aromatic N) is 1. The van der Waals surface area contributed by atoms with Crippen LogP contribution in [0.2, 0.25) is 0 Å². The number of rotatable bonds is 4. The van der Waals surface area contributed by atoms with Gasteiger partial charge in [0.1, 0.15) is 0 Å². The van der Waals surface area contributed by atoms with Crippen molar-refractivity contribution in [3.8, 4) is 5.69 Å². The summed E-state index contributed by atoms with van der Waals surface area (Å²) in [6.07, 6.45) is 2.83. The number of hydrogen-bond acceptors (Lipinski definition) is 3. The zero-order valence-electron chi connectivity index (χ0n) is 15.3. The standard InChI is InChI=1S/C21H23N3O2S/c1-14-2-6-17(7-3-14)24-21(26)18-8-4-16(5-9-19(18)23-24)20(25)22-12-15-10-11-27-13-15/h2-3,6-7,10-11,13,16,23H,4-5,8-9,12H2,1H3,(H,22,25). The van der Waals surface area contributed by atoms with Crippen LogP contribution in [0.3, 0.4) is 0 Å². The second-order valence-electron chi connectivity index (χ2n) is 7.17. The van der Waals surface area contributed by atoms with E-state index in [4.69, 9.17) is 0 Å². The minimum absolute atomic E-state index is 0.00758. The van der Waals surface area contributed by atoms with Gasteiger partial charge >= 0.3 is 0 Å². The molecule has 0 saturated carbocycles. The molecule has 6 heteroatoms. The number of H-pyrrole nitrogens is 1.